The Hall–Kier alpha value is -2.90. The molecular formula is C22H29FN4O3. The maximum absolute atomic E-state index is 13.9. The van der Waals surface area contributed by atoms with Gasteiger partial charge in [0, 0.05) is 29.4 Å². The highest BCUT2D eigenvalue weighted by atomic mass is 19.1. The third-order valence-electron chi connectivity index (χ3n) is 5.45. The SMILES string of the molecule is C[C@H](C[C@@H]1CCNC1=O)NC(=O)[C@@H](NC(=O)c1cc2c(F)cccc2[nH]1)C(C)(C)C. The molecule has 1 aromatic carbocycles. The van der Waals surface area contributed by atoms with E-state index in [1.807, 2.05) is 27.7 Å². The molecule has 7 nitrogen and oxygen atoms in total. The summed E-state index contributed by atoms with van der Waals surface area (Å²) in [6, 6.07) is 5.00. The van der Waals surface area contributed by atoms with Crippen molar-refractivity contribution in [3.8, 4) is 0 Å². The van der Waals surface area contributed by atoms with Crippen LogP contribution in [0.2, 0.25) is 0 Å². The normalized spacial score (nSPS) is 18.7. The number of halogens is 1. The summed E-state index contributed by atoms with van der Waals surface area (Å²) in [7, 11) is 0. The first-order valence-electron chi connectivity index (χ1n) is 10.2. The number of H-pyrrole nitrogens is 1. The molecule has 2 aromatic rings. The third-order valence-corrected chi connectivity index (χ3v) is 5.45. The molecule has 0 saturated carbocycles. The largest absolute Gasteiger partial charge is 0.356 e. The maximum atomic E-state index is 13.9. The highest BCUT2D eigenvalue weighted by Gasteiger charge is 2.35. The summed E-state index contributed by atoms with van der Waals surface area (Å²) in [4.78, 5) is 40.4. The second kappa shape index (κ2) is 8.45. The Morgan fingerprint density at radius 2 is 2.00 bits per heavy atom. The molecule has 0 bridgehead atoms. The summed E-state index contributed by atoms with van der Waals surface area (Å²) in [6.07, 6.45) is 1.30. The average molecular weight is 416 g/mol. The van der Waals surface area contributed by atoms with Crippen LogP contribution in [0, 0.1) is 17.2 Å². The fourth-order valence-electron chi connectivity index (χ4n) is 3.81. The molecule has 1 aliphatic rings. The molecule has 0 unspecified atom stereocenters. The zero-order chi connectivity index (χ0) is 22.1. The number of aromatic nitrogens is 1. The molecule has 0 radical (unpaired) electrons. The molecule has 1 aromatic heterocycles. The van der Waals surface area contributed by atoms with Crippen molar-refractivity contribution in [1.29, 1.82) is 0 Å². The van der Waals surface area contributed by atoms with Crippen LogP contribution in [-0.2, 0) is 9.59 Å². The standard InChI is InChI=1S/C22H29FN4O3/c1-12(10-13-8-9-24-19(13)28)25-21(30)18(22(2,3)4)27-20(29)17-11-14-15(23)6-5-7-16(14)26-17/h5-7,11-13,18,26H,8-10H2,1-4H3,(H,24,28)(H,25,30)(H,27,29)/t12-,13+,18-/m1/s1. The highest BCUT2D eigenvalue weighted by molar-refractivity contribution is 6.00. The Balaban J connectivity index is 1.70. The molecule has 4 N–H and O–H groups in total. The number of benzene rings is 1. The Kier molecular flexibility index (Phi) is 6.14. The smallest absolute Gasteiger partial charge is 0.268 e. The topological polar surface area (TPSA) is 103 Å². The lowest BCUT2D eigenvalue weighted by Crippen LogP contribution is -2.55. The minimum absolute atomic E-state index is 0.0165. The Morgan fingerprint density at radius 1 is 1.27 bits per heavy atom. The Morgan fingerprint density at radius 3 is 2.60 bits per heavy atom. The van der Waals surface area contributed by atoms with Crippen LogP contribution in [0.1, 0.15) is 51.0 Å². The van der Waals surface area contributed by atoms with Crippen LogP contribution in [0.15, 0.2) is 24.3 Å². The number of hydrogen-bond acceptors (Lipinski definition) is 3. The van der Waals surface area contributed by atoms with E-state index in [-0.39, 0.29) is 29.5 Å². The lowest BCUT2D eigenvalue weighted by molar-refractivity contribution is -0.127. The fraction of sp³-hybridized carbons (Fsp3) is 0.500. The van der Waals surface area contributed by atoms with E-state index in [0.29, 0.717) is 23.9 Å². The summed E-state index contributed by atoms with van der Waals surface area (Å²) in [5, 5.41) is 8.82. The van der Waals surface area contributed by atoms with E-state index in [0.717, 1.165) is 6.42 Å². The molecule has 8 heteroatoms. The molecule has 3 atom stereocenters. The molecule has 1 saturated heterocycles. The lowest BCUT2D eigenvalue weighted by atomic mass is 9.85. The van der Waals surface area contributed by atoms with Gasteiger partial charge in [0.25, 0.3) is 5.91 Å². The number of nitrogens with one attached hydrogen (secondary N) is 4. The molecular weight excluding hydrogens is 387 g/mol. The van der Waals surface area contributed by atoms with Crippen LogP contribution in [0.3, 0.4) is 0 Å². The summed E-state index contributed by atoms with van der Waals surface area (Å²) < 4.78 is 13.9. The van der Waals surface area contributed by atoms with Crippen molar-refractivity contribution < 1.29 is 18.8 Å². The molecule has 3 rings (SSSR count). The fourth-order valence-corrected chi connectivity index (χ4v) is 3.81. The van der Waals surface area contributed by atoms with Gasteiger partial charge in [0.2, 0.25) is 11.8 Å². The zero-order valence-corrected chi connectivity index (χ0v) is 17.8. The van der Waals surface area contributed by atoms with E-state index in [1.54, 1.807) is 12.1 Å². The van der Waals surface area contributed by atoms with Crippen molar-refractivity contribution in [2.45, 2.75) is 52.6 Å². The number of amides is 3. The molecule has 162 valence electrons. The van der Waals surface area contributed by atoms with Gasteiger partial charge < -0.3 is 20.9 Å². The van der Waals surface area contributed by atoms with Crippen LogP contribution in [-0.4, -0.2) is 41.3 Å². The number of fused-ring (bicyclic) bond motifs is 1. The van der Waals surface area contributed by atoms with E-state index < -0.39 is 23.2 Å². The first-order chi connectivity index (χ1) is 14.1. The second-order valence-corrected chi connectivity index (χ2v) is 9.08. The van der Waals surface area contributed by atoms with Crippen LogP contribution >= 0.6 is 0 Å². The number of rotatable bonds is 6. The monoisotopic (exact) mass is 416 g/mol. The van der Waals surface area contributed by atoms with Gasteiger partial charge in [-0.15, -0.1) is 0 Å². The summed E-state index contributed by atoms with van der Waals surface area (Å²) in [6.45, 7) is 8.09. The molecule has 2 heterocycles. The van der Waals surface area contributed by atoms with E-state index >= 15 is 0 Å². The van der Waals surface area contributed by atoms with Gasteiger partial charge in [-0.1, -0.05) is 26.8 Å². The summed E-state index contributed by atoms with van der Waals surface area (Å²) in [5.41, 5.74) is 0.148. The Bertz CT molecular complexity index is 963. The van der Waals surface area contributed by atoms with Crippen molar-refractivity contribution >= 4 is 28.6 Å². The van der Waals surface area contributed by atoms with Gasteiger partial charge in [0.15, 0.2) is 0 Å². The van der Waals surface area contributed by atoms with Gasteiger partial charge in [-0.05, 0) is 43.4 Å². The van der Waals surface area contributed by atoms with Crippen molar-refractivity contribution in [3.63, 3.8) is 0 Å². The van der Waals surface area contributed by atoms with Gasteiger partial charge in [-0.2, -0.15) is 0 Å². The maximum Gasteiger partial charge on any atom is 0.268 e. The quantitative estimate of drug-likeness (QED) is 0.582. The highest BCUT2D eigenvalue weighted by Crippen LogP contribution is 2.23. The predicted molar refractivity (Wildman–Crippen MR) is 112 cm³/mol. The molecule has 30 heavy (non-hydrogen) atoms. The molecule has 0 aliphatic carbocycles. The van der Waals surface area contributed by atoms with Crippen LogP contribution < -0.4 is 16.0 Å². The van der Waals surface area contributed by atoms with E-state index in [9.17, 15) is 18.8 Å². The Labute approximate surface area is 175 Å². The molecule has 0 spiro atoms. The van der Waals surface area contributed by atoms with Crippen LogP contribution in [0.25, 0.3) is 10.9 Å². The zero-order valence-electron chi connectivity index (χ0n) is 17.8. The van der Waals surface area contributed by atoms with Gasteiger partial charge in [0.1, 0.15) is 17.6 Å². The molecule has 1 fully saturated rings. The number of hydrogen-bond donors (Lipinski definition) is 4. The molecule has 3 amide bonds. The van der Waals surface area contributed by atoms with Gasteiger partial charge >= 0.3 is 0 Å². The predicted octanol–water partition coefficient (Wildman–Crippen LogP) is 2.48. The summed E-state index contributed by atoms with van der Waals surface area (Å²) in [5.74, 6) is -1.31. The van der Waals surface area contributed by atoms with Gasteiger partial charge in [0.05, 0.1) is 0 Å². The average Bonchev–Trinajstić information content (AvgIpc) is 3.25. The van der Waals surface area contributed by atoms with Crippen molar-refractivity contribution in [3.05, 3.63) is 35.8 Å². The van der Waals surface area contributed by atoms with E-state index in [1.165, 1.54) is 12.1 Å². The van der Waals surface area contributed by atoms with Crippen molar-refractivity contribution in [1.82, 2.24) is 20.9 Å². The van der Waals surface area contributed by atoms with E-state index in [2.05, 4.69) is 20.9 Å². The first kappa shape index (κ1) is 21.8. The summed E-state index contributed by atoms with van der Waals surface area (Å²) >= 11 is 0. The molecule has 1 aliphatic heterocycles. The van der Waals surface area contributed by atoms with Crippen LogP contribution in [0.4, 0.5) is 4.39 Å². The van der Waals surface area contributed by atoms with E-state index in [4.69, 9.17) is 0 Å². The number of aromatic amines is 1. The second-order valence-electron chi connectivity index (χ2n) is 9.08. The van der Waals surface area contributed by atoms with Gasteiger partial charge in [-0.25, -0.2) is 4.39 Å². The lowest BCUT2D eigenvalue weighted by Gasteiger charge is -2.31. The number of carbonyl (C=O) groups is 3. The van der Waals surface area contributed by atoms with Crippen molar-refractivity contribution in [2.24, 2.45) is 11.3 Å². The minimum Gasteiger partial charge on any atom is -0.356 e. The minimum atomic E-state index is -0.805. The first-order valence-corrected chi connectivity index (χ1v) is 10.2. The third kappa shape index (κ3) is 4.80. The van der Waals surface area contributed by atoms with Crippen molar-refractivity contribution in [2.75, 3.05) is 6.54 Å². The van der Waals surface area contributed by atoms with Gasteiger partial charge in [-0.3, -0.25) is 14.4 Å². The van der Waals surface area contributed by atoms with Crippen LogP contribution in [0.5, 0.6) is 0 Å². The number of carbonyl (C=O) groups excluding carboxylic acids is 3.